The van der Waals surface area contributed by atoms with E-state index in [-0.39, 0.29) is 37.7 Å². The Morgan fingerprint density at radius 2 is 1.00 bits per heavy atom. The SMILES string of the molecule is [CaH2].[O]=[Ti](=[O])=[O]. The molecule has 0 heterocycles. The number of hydrogen-bond acceptors (Lipinski definition) is 3. The Morgan fingerprint density at radius 3 is 1.00 bits per heavy atom. The average molecular weight is 138 g/mol. The molecule has 5 heteroatoms. The van der Waals surface area contributed by atoms with Gasteiger partial charge in [0.15, 0.2) is 0 Å². The summed E-state index contributed by atoms with van der Waals surface area (Å²) in [5, 5.41) is 0. The summed E-state index contributed by atoms with van der Waals surface area (Å²) in [7, 11) is 0. The van der Waals surface area contributed by atoms with E-state index in [2.05, 4.69) is 0 Å². The summed E-state index contributed by atoms with van der Waals surface area (Å²) >= 11 is -4.08. The van der Waals surface area contributed by atoms with Gasteiger partial charge in [-0.2, -0.15) is 0 Å². The van der Waals surface area contributed by atoms with Crippen molar-refractivity contribution in [1.82, 2.24) is 0 Å². The molecule has 5 heavy (non-hydrogen) atoms. The van der Waals surface area contributed by atoms with Crippen molar-refractivity contribution < 1.29 is 27.8 Å². The van der Waals surface area contributed by atoms with E-state index >= 15 is 0 Å². The molecule has 0 radical (unpaired) electrons. The van der Waals surface area contributed by atoms with Gasteiger partial charge >= 0.3 is 65.5 Å². The summed E-state index contributed by atoms with van der Waals surface area (Å²) in [4.78, 5) is 0. The minimum atomic E-state index is -4.08. The average Bonchev–Trinajstić information content (AvgIpc) is 0.811. The zero-order chi connectivity index (χ0) is 3.58. The topological polar surface area (TPSA) is 51.2 Å². The molecule has 0 saturated heterocycles. The van der Waals surface area contributed by atoms with E-state index in [0.717, 1.165) is 0 Å². The van der Waals surface area contributed by atoms with Crippen molar-refractivity contribution in [2.24, 2.45) is 0 Å². The van der Waals surface area contributed by atoms with Crippen molar-refractivity contribution >= 4 is 37.7 Å². The maximum atomic E-state index is 8.58. The zero-order valence-electron chi connectivity index (χ0n) is 1.72. The van der Waals surface area contributed by atoms with Gasteiger partial charge in [0.05, 0.1) is 0 Å². The van der Waals surface area contributed by atoms with Crippen molar-refractivity contribution in [1.29, 1.82) is 0 Å². The predicted octanol–water partition coefficient (Wildman–Crippen LogP) is -1.28. The minimum absolute atomic E-state index is 0. The first-order chi connectivity index (χ1) is 1.73. The molecule has 0 rings (SSSR count). The molecule has 0 unspecified atom stereocenters. The monoisotopic (exact) mass is 138 g/mol. The van der Waals surface area contributed by atoms with Crippen LogP contribution in [0.5, 0.6) is 0 Å². The second-order valence-corrected chi connectivity index (χ2v) is 1.03. The van der Waals surface area contributed by atoms with Crippen LogP contribution >= 0.6 is 0 Å². The molecule has 0 amide bonds. The van der Waals surface area contributed by atoms with Gasteiger partial charge in [-0.3, -0.25) is 0 Å². The van der Waals surface area contributed by atoms with Crippen molar-refractivity contribution in [3.63, 3.8) is 0 Å². The molecule has 0 spiro atoms. The zero-order valence-corrected chi connectivity index (χ0v) is 3.29. The quantitative estimate of drug-likeness (QED) is 0.392. The van der Waals surface area contributed by atoms with Gasteiger partial charge < -0.3 is 0 Å². The molecule has 26 valence electrons. The van der Waals surface area contributed by atoms with Gasteiger partial charge in [0.2, 0.25) is 0 Å². The van der Waals surface area contributed by atoms with Crippen LogP contribution in [0.4, 0.5) is 0 Å². The molecule has 0 aromatic carbocycles. The van der Waals surface area contributed by atoms with Crippen molar-refractivity contribution in [3.8, 4) is 0 Å². The van der Waals surface area contributed by atoms with E-state index in [9.17, 15) is 0 Å². The Labute approximate surface area is 64.5 Å². The predicted molar refractivity (Wildman–Crippen MR) is 10.6 cm³/mol. The van der Waals surface area contributed by atoms with Gasteiger partial charge in [0, 0.05) is 0 Å². The Morgan fingerprint density at radius 1 is 1.00 bits per heavy atom. The van der Waals surface area contributed by atoms with E-state index in [1.165, 1.54) is 0 Å². The molecule has 0 aromatic heterocycles. The van der Waals surface area contributed by atoms with E-state index in [0.29, 0.717) is 0 Å². The molecule has 0 aliphatic heterocycles. The normalized spacial score (nSPS) is 3.00. The first kappa shape index (κ1) is 9.62. The second kappa shape index (κ2) is 5.37. The van der Waals surface area contributed by atoms with Crippen LogP contribution < -0.4 is 0 Å². The van der Waals surface area contributed by atoms with E-state index in [1.807, 2.05) is 0 Å². The third-order valence-corrected chi connectivity index (χ3v) is 0. The van der Waals surface area contributed by atoms with Crippen LogP contribution in [-0.4, -0.2) is 37.7 Å². The molecule has 0 N–H and O–H groups in total. The van der Waals surface area contributed by atoms with Crippen LogP contribution in [0.3, 0.4) is 0 Å². The maximum absolute atomic E-state index is 8.58. The first-order valence-corrected chi connectivity index (χ1v) is 2.52. The molecule has 0 aliphatic carbocycles. The summed E-state index contributed by atoms with van der Waals surface area (Å²) in [6, 6.07) is 0. The molecule has 0 aromatic rings. The number of hydrogen-bond donors (Lipinski definition) is 0. The summed E-state index contributed by atoms with van der Waals surface area (Å²) in [6.07, 6.45) is 0. The fourth-order valence-electron chi connectivity index (χ4n) is 0. The van der Waals surface area contributed by atoms with Gasteiger partial charge in [-0.1, -0.05) is 0 Å². The summed E-state index contributed by atoms with van der Waals surface area (Å²) < 4.78 is 25.8. The van der Waals surface area contributed by atoms with E-state index in [4.69, 9.17) is 9.97 Å². The Balaban J connectivity index is 0. The van der Waals surface area contributed by atoms with Gasteiger partial charge in [-0.15, -0.1) is 0 Å². The van der Waals surface area contributed by atoms with Crippen molar-refractivity contribution in [3.05, 3.63) is 0 Å². The molecule has 0 bridgehead atoms. The fourth-order valence-corrected chi connectivity index (χ4v) is 0. The van der Waals surface area contributed by atoms with E-state index < -0.39 is 17.8 Å². The third kappa shape index (κ3) is 32.4. The molecular formula is H2CaO3Ti. The van der Waals surface area contributed by atoms with Gasteiger partial charge in [0.25, 0.3) is 0 Å². The summed E-state index contributed by atoms with van der Waals surface area (Å²) in [5.41, 5.74) is 0. The Hall–Kier alpha value is 1.37. The standard InChI is InChI=1S/Ca.3O.Ti.2H. The second-order valence-electron chi connectivity index (χ2n) is 0.250. The fraction of sp³-hybridized carbons (Fsp3) is 0. The van der Waals surface area contributed by atoms with Crippen LogP contribution in [0, 0.1) is 0 Å². The summed E-state index contributed by atoms with van der Waals surface area (Å²) in [6.45, 7) is 0. The molecule has 0 atom stereocenters. The van der Waals surface area contributed by atoms with Crippen LogP contribution in [0.1, 0.15) is 0 Å². The Kier molecular flexibility index (Phi) is 10.3. The van der Waals surface area contributed by atoms with Gasteiger partial charge in [-0.25, -0.2) is 0 Å². The number of rotatable bonds is 0. The molecular weight excluding hydrogens is 136 g/mol. The Bertz CT molecular complexity index is 76.3. The molecule has 0 fully saturated rings. The van der Waals surface area contributed by atoms with Crippen LogP contribution in [0.25, 0.3) is 0 Å². The van der Waals surface area contributed by atoms with E-state index in [1.54, 1.807) is 0 Å². The molecule has 3 nitrogen and oxygen atoms in total. The summed E-state index contributed by atoms with van der Waals surface area (Å²) in [5.74, 6) is 0. The van der Waals surface area contributed by atoms with Gasteiger partial charge in [-0.05, 0) is 0 Å². The third-order valence-electron chi connectivity index (χ3n) is 0. The van der Waals surface area contributed by atoms with Gasteiger partial charge in [0.1, 0.15) is 0 Å². The first-order valence-electron chi connectivity index (χ1n) is 0.612. The van der Waals surface area contributed by atoms with Crippen LogP contribution in [0.2, 0.25) is 0 Å². The molecule has 0 aliphatic rings. The van der Waals surface area contributed by atoms with Crippen molar-refractivity contribution in [2.45, 2.75) is 0 Å². The van der Waals surface area contributed by atoms with Crippen LogP contribution in [-0.2, 0) is 27.8 Å². The van der Waals surface area contributed by atoms with Crippen molar-refractivity contribution in [2.75, 3.05) is 0 Å². The molecule has 0 saturated carbocycles. The van der Waals surface area contributed by atoms with Crippen LogP contribution in [0.15, 0.2) is 0 Å².